The minimum absolute atomic E-state index is 0.225. The number of rotatable bonds is 6. The minimum Gasteiger partial charge on any atom is -0.496 e. The molecule has 1 aromatic carbocycles. The van der Waals surface area contributed by atoms with Gasteiger partial charge in [-0.2, -0.15) is 5.10 Å². The molecule has 152 valence electrons. The molecule has 1 fully saturated rings. The highest BCUT2D eigenvalue weighted by atomic mass is 35.5. The van der Waals surface area contributed by atoms with Gasteiger partial charge in [-0.1, -0.05) is 11.6 Å². The number of methoxy groups -OCH3 is 1. The molecule has 0 N–H and O–H groups in total. The van der Waals surface area contributed by atoms with Gasteiger partial charge < -0.3 is 9.64 Å². The molecule has 28 heavy (non-hydrogen) atoms. The molecule has 0 unspecified atom stereocenters. The van der Waals surface area contributed by atoms with Crippen molar-refractivity contribution in [1.29, 1.82) is 0 Å². The quantitative estimate of drug-likeness (QED) is 0.742. The van der Waals surface area contributed by atoms with Gasteiger partial charge in [-0.15, -0.1) is 0 Å². The van der Waals surface area contributed by atoms with Gasteiger partial charge in [-0.05, 0) is 44.0 Å². The molecule has 0 atom stereocenters. The summed E-state index contributed by atoms with van der Waals surface area (Å²) in [6, 6.07) is 5.70. The van der Waals surface area contributed by atoms with Crippen molar-refractivity contribution in [3.8, 4) is 5.75 Å². The second kappa shape index (κ2) is 8.97. The van der Waals surface area contributed by atoms with Crippen LogP contribution in [0.15, 0.2) is 18.2 Å². The maximum absolute atomic E-state index is 12.7. The number of carbonyl (C=O) groups is 1. The largest absolute Gasteiger partial charge is 0.496 e. The average molecular weight is 405 g/mol. The first-order valence-electron chi connectivity index (χ1n) is 9.70. The fraction of sp³-hybridized carbons (Fsp3) is 0.524. The number of aromatic nitrogens is 2. The minimum atomic E-state index is 0.225. The molecule has 0 aliphatic carbocycles. The first-order valence-corrected chi connectivity index (χ1v) is 10.1. The van der Waals surface area contributed by atoms with Gasteiger partial charge in [-0.3, -0.25) is 14.4 Å². The Kier molecular flexibility index (Phi) is 6.62. The summed E-state index contributed by atoms with van der Waals surface area (Å²) < 4.78 is 7.33. The van der Waals surface area contributed by atoms with E-state index < -0.39 is 0 Å². The number of amides is 1. The van der Waals surface area contributed by atoms with Crippen molar-refractivity contribution in [3.63, 3.8) is 0 Å². The summed E-state index contributed by atoms with van der Waals surface area (Å²) in [5.41, 5.74) is 4.44. The smallest absolute Gasteiger partial charge is 0.222 e. The Morgan fingerprint density at radius 3 is 2.54 bits per heavy atom. The maximum Gasteiger partial charge on any atom is 0.222 e. The van der Waals surface area contributed by atoms with E-state index in [0.717, 1.165) is 61.8 Å². The van der Waals surface area contributed by atoms with Crippen molar-refractivity contribution in [1.82, 2.24) is 19.6 Å². The van der Waals surface area contributed by atoms with Gasteiger partial charge in [0.2, 0.25) is 5.91 Å². The predicted molar refractivity (Wildman–Crippen MR) is 111 cm³/mol. The summed E-state index contributed by atoms with van der Waals surface area (Å²) in [6.45, 7) is 8.07. The van der Waals surface area contributed by atoms with Crippen LogP contribution in [0, 0.1) is 13.8 Å². The number of aryl methyl sites for hydroxylation is 2. The molecule has 1 amide bonds. The van der Waals surface area contributed by atoms with E-state index in [4.69, 9.17) is 16.3 Å². The lowest BCUT2D eigenvalue weighted by atomic mass is 10.1. The second-order valence-electron chi connectivity index (χ2n) is 7.39. The van der Waals surface area contributed by atoms with Crippen LogP contribution in [0.25, 0.3) is 0 Å². The third-order valence-corrected chi connectivity index (χ3v) is 5.84. The first kappa shape index (κ1) is 20.7. The fourth-order valence-electron chi connectivity index (χ4n) is 3.84. The molecule has 2 heterocycles. The Labute approximate surface area is 172 Å². The van der Waals surface area contributed by atoms with E-state index in [1.54, 1.807) is 7.11 Å². The number of halogens is 1. The van der Waals surface area contributed by atoms with Gasteiger partial charge in [0.15, 0.2) is 0 Å². The molecular weight excluding hydrogens is 376 g/mol. The lowest BCUT2D eigenvalue weighted by Gasteiger charge is -2.35. The number of hydrogen-bond acceptors (Lipinski definition) is 4. The number of nitrogens with zero attached hydrogens (tertiary/aromatic N) is 4. The van der Waals surface area contributed by atoms with Gasteiger partial charge in [0.25, 0.3) is 0 Å². The summed E-state index contributed by atoms with van der Waals surface area (Å²) in [5.74, 6) is 1.08. The van der Waals surface area contributed by atoms with E-state index in [-0.39, 0.29) is 5.91 Å². The van der Waals surface area contributed by atoms with Crippen molar-refractivity contribution < 1.29 is 9.53 Å². The lowest BCUT2D eigenvalue weighted by Crippen LogP contribution is -2.48. The highest BCUT2D eigenvalue weighted by Gasteiger charge is 2.22. The van der Waals surface area contributed by atoms with Gasteiger partial charge >= 0.3 is 0 Å². The van der Waals surface area contributed by atoms with E-state index in [2.05, 4.69) is 16.9 Å². The predicted octanol–water partition coefficient (Wildman–Crippen LogP) is 2.98. The third kappa shape index (κ3) is 4.67. The van der Waals surface area contributed by atoms with Gasteiger partial charge in [0.1, 0.15) is 5.75 Å². The zero-order valence-corrected chi connectivity index (χ0v) is 17.9. The Morgan fingerprint density at radius 2 is 1.93 bits per heavy atom. The molecule has 1 saturated heterocycles. The van der Waals surface area contributed by atoms with E-state index in [9.17, 15) is 4.79 Å². The maximum atomic E-state index is 12.7. The van der Waals surface area contributed by atoms with Gasteiger partial charge in [-0.25, -0.2) is 0 Å². The van der Waals surface area contributed by atoms with Crippen LogP contribution in [0.3, 0.4) is 0 Å². The Morgan fingerprint density at radius 1 is 1.21 bits per heavy atom. The van der Waals surface area contributed by atoms with E-state index in [1.165, 1.54) is 5.56 Å². The number of piperazine rings is 1. The van der Waals surface area contributed by atoms with E-state index in [1.807, 2.05) is 41.8 Å². The molecule has 1 aliphatic rings. The van der Waals surface area contributed by atoms with Crippen molar-refractivity contribution in [2.45, 2.75) is 33.2 Å². The molecule has 0 saturated carbocycles. The Balaban J connectivity index is 1.51. The van der Waals surface area contributed by atoms with Crippen molar-refractivity contribution in [2.75, 3.05) is 33.3 Å². The fourth-order valence-corrected chi connectivity index (χ4v) is 4.03. The van der Waals surface area contributed by atoms with Crippen LogP contribution < -0.4 is 4.74 Å². The number of benzene rings is 1. The van der Waals surface area contributed by atoms with Crippen molar-refractivity contribution in [3.05, 3.63) is 45.7 Å². The third-order valence-electron chi connectivity index (χ3n) is 5.61. The molecule has 0 radical (unpaired) electrons. The van der Waals surface area contributed by atoms with Crippen LogP contribution in [0.1, 0.15) is 28.9 Å². The van der Waals surface area contributed by atoms with E-state index >= 15 is 0 Å². The number of ether oxygens (including phenoxy) is 1. The molecule has 1 aliphatic heterocycles. The van der Waals surface area contributed by atoms with Crippen LogP contribution >= 0.6 is 11.6 Å². The van der Waals surface area contributed by atoms with Crippen molar-refractivity contribution in [2.24, 2.45) is 7.05 Å². The molecule has 0 bridgehead atoms. The van der Waals surface area contributed by atoms with E-state index in [0.29, 0.717) is 11.4 Å². The van der Waals surface area contributed by atoms with Crippen LogP contribution in [0.4, 0.5) is 0 Å². The highest BCUT2D eigenvalue weighted by molar-refractivity contribution is 6.30. The highest BCUT2D eigenvalue weighted by Crippen LogP contribution is 2.24. The van der Waals surface area contributed by atoms with Crippen LogP contribution in [-0.2, 0) is 24.8 Å². The van der Waals surface area contributed by atoms with Crippen molar-refractivity contribution >= 4 is 17.5 Å². The summed E-state index contributed by atoms with van der Waals surface area (Å²) in [5, 5.41) is 5.15. The van der Waals surface area contributed by atoms with Crippen LogP contribution in [0.5, 0.6) is 5.75 Å². The molecule has 7 heteroatoms. The molecule has 6 nitrogen and oxygen atoms in total. The number of carbonyl (C=O) groups excluding carboxylic acids is 1. The summed E-state index contributed by atoms with van der Waals surface area (Å²) >= 11 is 6.13. The molecule has 0 spiro atoms. The molecule has 2 aromatic rings. The molecule has 1 aromatic heterocycles. The van der Waals surface area contributed by atoms with Gasteiger partial charge in [0, 0.05) is 62.5 Å². The van der Waals surface area contributed by atoms with Gasteiger partial charge in [0.05, 0.1) is 12.8 Å². The van der Waals surface area contributed by atoms with Crippen LogP contribution in [-0.4, -0.2) is 58.8 Å². The average Bonchev–Trinajstić information content (AvgIpc) is 2.92. The first-order chi connectivity index (χ1) is 13.4. The normalized spacial score (nSPS) is 15.1. The molecule has 3 rings (SSSR count). The summed E-state index contributed by atoms with van der Waals surface area (Å²) in [4.78, 5) is 17.0. The standard InChI is InChI=1S/C21H29ClN4O2/c1-15-19(16(2)24(3)23-15)6-8-21(27)26-11-9-25(10-12-26)14-17-13-18(22)5-7-20(17)28-4/h5,7,13H,6,8-12,14H2,1-4H3. The zero-order valence-electron chi connectivity index (χ0n) is 17.2. The Bertz CT molecular complexity index is 841. The summed E-state index contributed by atoms with van der Waals surface area (Å²) in [7, 11) is 3.62. The van der Waals surface area contributed by atoms with Crippen LogP contribution in [0.2, 0.25) is 5.02 Å². The Hall–Kier alpha value is -2.05. The summed E-state index contributed by atoms with van der Waals surface area (Å²) in [6.07, 6.45) is 1.29. The molecular formula is C21H29ClN4O2. The lowest BCUT2D eigenvalue weighted by molar-refractivity contribution is -0.133. The number of hydrogen-bond donors (Lipinski definition) is 0. The monoisotopic (exact) mass is 404 g/mol. The second-order valence-corrected chi connectivity index (χ2v) is 7.82. The SMILES string of the molecule is COc1ccc(Cl)cc1CN1CCN(C(=O)CCc2c(C)nn(C)c2C)CC1. The zero-order chi connectivity index (χ0) is 20.3. The topological polar surface area (TPSA) is 50.6 Å².